The summed E-state index contributed by atoms with van der Waals surface area (Å²) in [5.74, 6) is 0.614. The summed E-state index contributed by atoms with van der Waals surface area (Å²) in [6.07, 6.45) is 1.04. The van der Waals surface area contributed by atoms with Gasteiger partial charge in [-0.05, 0) is 41.1 Å². The van der Waals surface area contributed by atoms with Crippen LogP contribution in [0.1, 0.15) is 22.0 Å². The molecule has 0 radical (unpaired) electrons. The SMILES string of the molecule is O=C(COc1ccccc1)NC[C@H](c1cccs1)N1CCc2ccccc2C1. The maximum Gasteiger partial charge on any atom is 0.258 e. The fraction of sp³-hybridized carbons (Fsp3) is 0.261. The topological polar surface area (TPSA) is 41.6 Å². The van der Waals surface area contributed by atoms with Crippen molar-refractivity contribution >= 4 is 17.2 Å². The van der Waals surface area contributed by atoms with Crippen LogP contribution >= 0.6 is 11.3 Å². The number of nitrogens with one attached hydrogen (secondary N) is 1. The van der Waals surface area contributed by atoms with Gasteiger partial charge in [0.2, 0.25) is 0 Å². The predicted molar refractivity (Wildman–Crippen MR) is 113 cm³/mol. The number of nitrogens with zero attached hydrogens (tertiary/aromatic N) is 1. The zero-order chi connectivity index (χ0) is 19.2. The minimum Gasteiger partial charge on any atom is -0.484 e. The highest BCUT2D eigenvalue weighted by Crippen LogP contribution is 2.30. The van der Waals surface area contributed by atoms with Gasteiger partial charge in [-0.15, -0.1) is 11.3 Å². The van der Waals surface area contributed by atoms with Gasteiger partial charge in [0.25, 0.3) is 5.91 Å². The Bertz CT molecular complexity index is 896. The predicted octanol–water partition coefficient (Wildman–Crippen LogP) is 4.04. The minimum absolute atomic E-state index is 0.0318. The van der Waals surface area contributed by atoms with Crippen molar-refractivity contribution in [2.24, 2.45) is 0 Å². The lowest BCUT2D eigenvalue weighted by molar-refractivity contribution is -0.123. The third-order valence-corrected chi connectivity index (χ3v) is 6.05. The quantitative estimate of drug-likeness (QED) is 0.660. The molecule has 0 saturated carbocycles. The highest BCUT2D eigenvalue weighted by Gasteiger charge is 2.25. The number of rotatable bonds is 7. The molecule has 28 heavy (non-hydrogen) atoms. The molecule has 2 aromatic carbocycles. The number of amides is 1. The second-order valence-electron chi connectivity index (χ2n) is 6.93. The van der Waals surface area contributed by atoms with Crippen LogP contribution in [0.15, 0.2) is 72.1 Å². The van der Waals surface area contributed by atoms with Crippen molar-refractivity contribution in [2.45, 2.75) is 19.0 Å². The molecule has 1 atom stereocenters. The summed E-state index contributed by atoms with van der Waals surface area (Å²) in [4.78, 5) is 16.1. The Hall–Kier alpha value is -2.63. The van der Waals surface area contributed by atoms with E-state index in [1.165, 1.54) is 16.0 Å². The maximum atomic E-state index is 12.3. The Morgan fingerprint density at radius 3 is 2.61 bits per heavy atom. The molecule has 1 aromatic heterocycles. The van der Waals surface area contributed by atoms with Gasteiger partial charge in [0.1, 0.15) is 5.75 Å². The Labute approximate surface area is 169 Å². The molecule has 1 aliphatic rings. The monoisotopic (exact) mass is 392 g/mol. The second-order valence-corrected chi connectivity index (χ2v) is 7.91. The molecule has 144 valence electrons. The van der Waals surface area contributed by atoms with E-state index in [2.05, 4.69) is 52.0 Å². The van der Waals surface area contributed by atoms with Crippen molar-refractivity contribution in [3.05, 3.63) is 88.1 Å². The molecule has 5 heteroatoms. The van der Waals surface area contributed by atoms with Gasteiger partial charge in [0.15, 0.2) is 6.61 Å². The Kier molecular flexibility index (Phi) is 6.04. The first-order chi connectivity index (χ1) is 13.8. The first-order valence-corrected chi connectivity index (χ1v) is 10.5. The van der Waals surface area contributed by atoms with Gasteiger partial charge >= 0.3 is 0 Å². The standard InChI is InChI=1S/C23H24N2O2S/c26-23(17-27-20-9-2-1-3-10-20)24-15-21(22-11-6-14-28-22)25-13-12-18-7-4-5-8-19(18)16-25/h1-11,14,21H,12-13,15-17H2,(H,24,26)/t21-/m1/s1. The lowest BCUT2D eigenvalue weighted by atomic mass is 9.98. The zero-order valence-corrected chi connectivity index (χ0v) is 16.5. The molecule has 1 aliphatic heterocycles. The average molecular weight is 393 g/mol. The molecular formula is C23H24N2O2S. The van der Waals surface area contributed by atoms with Crippen LogP contribution in [-0.2, 0) is 17.8 Å². The first-order valence-electron chi connectivity index (χ1n) is 9.58. The number of carbonyl (C=O) groups excluding carboxylic acids is 1. The smallest absolute Gasteiger partial charge is 0.258 e. The van der Waals surface area contributed by atoms with Crippen molar-refractivity contribution in [1.82, 2.24) is 10.2 Å². The molecule has 4 nitrogen and oxygen atoms in total. The number of ether oxygens (including phenoxy) is 1. The molecule has 1 amide bonds. The molecule has 4 rings (SSSR count). The van der Waals surface area contributed by atoms with Crippen molar-refractivity contribution in [3.63, 3.8) is 0 Å². The van der Waals surface area contributed by atoms with E-state index in [0.717, 1.165) is 19.5 Å². The number of para-hydroxylation sites is 1. The van der Waals surface area contributed by atoms with Crippen LogP contribution in [0.5, 0.6) is 5.75 Å². The number of hydrogen-bond donors (Lipinski definition) is 1. The Morgan fingerprint density at radius 1 is 1.04 bits per heavy atom. The van der Waals surface area contributed by atoms with Crippen molar-refractivity contribution in [2.75, 3.05) is 19.7 Å². The second kappa shape index (κ2) is 9.04. The van der Waals surface area contributed by atoms with E-state index < -0.39 is 0 Å². The Morgan fingerprint density at radius 2 is 1.82 bits per heavy atom. The summed E-state index contributed by atoms with van der Waals surface area (Å²) < 4.78 is 5.56. The molecule has 2 heterocycles. The van der Waals surface area contributed by atoms with Crippen LogP contribution in [0.3, 0.4) is 0 Å². The van der Waals surface area contributed by atoms with Gasteiger partial charge < -0.3 is 10.1 Å². The van der Waals surface area contributed by atoms with Crippen LogP contribution in [0, 0.1) is 0 Å². The van der Waals surface area contributed by atoms with E-state index >= 15 is 0 Å². The minimum atomic E-state index is -0.0946. The van der Waals surface area contributed by atoms with Gasteiger partial charge in [0, 0.05) is 24.5 Å². The van der Waals surface area contributed by atoms with Gasteiger partial charge in [-0.1, -0.05) is 48.5 Å². The number of carbonyl (C=O) groups is 1. The summed E-state index contributed by atoms with van der Waals surface area (Å²) in [6, 6.07) is 22.5. The number of hydrogen-bond acceptors (Lipinski definition) is 4. The lowest BCUT2D eigenvalue weighted by Crippen LogP contribution is -2.41. The summed E-state index contributed by atoms with van der Waals surface area (Å²) in [5, 5.41) is 5.16. The van der Waals surface area contributed by atoms with Crippen LogP contribution in [0.2, 0.25) is 0 Å². The van der Waals surface area contributed by atoms with E-state index in [9.17, 15) is 4.79 Å². The van der Waals surface area contributed by atoms with Crippen LogP contribution < -0.4 is 10.1 Å². The van der Waals surface area contributed by atoms with Crippen LogP contribution in [0.25, 0.3) is 0 Å². The number of benzene rings is 2. The lowest BCUT2D eigenvalue weighted by Gasteiger charge is -2.35. The van der Waals surface area contributed by atoms with Gasteiger partial charge in [0.05, 0.1) is 6.04 Å². The van der Waals surface area contributed by atoms with Gasteiger partial charge in [-0.25, -0.2) is 0 Å². The molecule has 0 bridgehead atoms. The van der Waals surface area contributed by atoms with E-state index in [1.807, 2.05) is 30.3 Å². The van der Waals surface area contributed by atoms with E-state index in [0.29, 0.717) is 12.3 Å². The van der Waals surface area contributed by atoms with Crippen molar-refractivity contribution < 1.29 is 9.53 Å². The molecule has 1 N–H and O–H groups in total. The highest BCUT2D eigenvalue weighted by atomic mass is 32.1. The number of fused-ring (bicyclic) bond motifs is 1. The number of thiophene rings is 1. The molecular weight excluding hydrogens is 368 g/mol. The molecule has 0 spiro atoms. The average Bonchev–Trinajstić information content (AvgIpc) is 3.27. The molecule has 0 aliphatic carbocycles. The van der Waals surface area contributed by atoms with Crippen LogP contribution in [-0.4, -0.2) is 30.5 Å². The molecule has 0 unspecified atom stereocenters. The fourth-order valence-corrected chi connectivity index (χ4v) is 4.46. The summed E-state index contributed by atoms with van der Waals surface area (Å²) in [5.41, 5.74) is 2.82. The van der Waals surface area contributed by atoms with E-state index in [-0.39, 0.29) is 18.6 Å². The molecule has 0 fully saturated rings. The zero-order valence-electron chi connectivity index (χ0n) is 15.7. The normalized spacial score (nSPS) is 14.9. The first kappa shape index (κ1) is 18.7. The Balaban J connectivity index is 1.38. The van der Waals surface area contributed by atoms with Crippen molar-refractivity contribution in [3.8, 4) is 5.75 Å². The highest BCUT2D eigenvalue weighted by molar-refractivity contribution is 7.10. The molecule has 3 aromatic rings. The largest absolute Gasteiger partial charge is 0.484 e. The summed E-state index contributed by atoms with van der Waals surface area (Å²) >= 11 is 1.74. The van der Waals surface area contributed by atoms with Gasteiger partial charge in [-0.3, -0.25) is 9.69 Å². The van der Waals surface area contributed by atoms with Crippen molar-refractivity contribution in [1.29, 1.82) is 0 Å². The van der Waals surface area contributed by atoms with Gasteiger partial charge in [-0.2, -0.15) is 0 Å². The maximum absolute atomic E-state index is 12.3. The third kappa shape index (κ3) is 4.61. The van der Waals surface area contributed by atoms with E-state index in [4.69, 9.17) is 4.74 Å². The van der Waals surface area contributed by atoms with E-state index in [1.54, 1.807) is 11.3 Å². The summed E-state index contributed by atoms with van der Waals surface area (Å²) in [7, 11) is 0. The summed E-state index contributed by atoms with van der Waals surface area (Å²) in [6.45, 7) is 2.52. The van der Waals surface area contributed by atoms with Crippen LogP contribution in [0.4, 0.5) is 0 Å². The fourth-order valence-electron chi connectivity index (χ4n) is 3.60. The third-order valence-electron chi connectivity index (χ3n) is 5.08. The molecule has 0 saturated heterocycles.